The van der Waals surface area contributed by atoms with Crippen LogP contribution in [0.5, 0.6) is 5.75 Å². The fourth-order valence-electron chi connectivity index (χ4n) is 1.20. The first-order valence-electron chi connectivity index (χ1n) is 5.60. The molecule has 0 fully saturated rings. The van der Waals surface area contributed by atoms with E-state index < -0.39 is 0 Å². The third kappa shape index (κ3) is 4.34. The largest absolute Gasteiger partial charge is 0.484 e. The van der Waals surface area contributed by atoms with Crippen LogP contribution in [-0.2, 0) is 4.79 Å². The quantitative estimate of drug-likeness (QED) is 0.828. The first-order valence-corrected chi connectivity index (χ1v) is 5.60. The molecule has 1 amide bonds. The molecular weight excluding hydrogens is 202 g/mol. The summed E-state index contributed by atoms with van der Waals surface area (Å²) in [4.78, 5) is 11.4. The fourth-order valence-corrected chi connectivity index (χ4v) is 1.20. The van der Waals surface area contributed by atoms with Crippen LogP contribution >= 0.6 is 0 Å². The van der Waals surface area contributed by atoms with Crippen LogP contribution in [0.15, 0.2) is 24.3 Å². The van der Waals surface area contributed by atoms with Crippen LogP contribution in [0, 0.1) is 6.92 Å². The standard InChI is InChI=1S/C13H19NO2/c1-4-11(3)14-13(15)9-16-12-7-5-10(2)6-8-12/h5-8,11H,4,9H2,1-3H3,(H,14,15)/t11-/m1/s1. The van der Waals surface area contributed by atoms with Crippen molar-refractivity contribution < 1.29 is 9.53 Å². The van der Waals surface area contributed by atoms with Gasteiger partial charge in [-0.05, 0) is 32.4 Å². The topological polar surface area (TPSA) is 38.3 Å². The van der Waals surface area contributed by atoms with Gasteiger partial charge in [-0.25, -0.2) is 0 Å². The molecule has 3 nitrogen and oxygen atoms in total. The van der Waals surface area contributed by atoms with Crippen LogP contribution in [0.1, 0.15) is 25.8 Å². The molecular formula is C13H19NO2. The highest BCUT2D eigenvalue weighted by atomic mass is 16.5. The molecule has 0 heterocycles. The first-order chi connectivity index (χ1) is 7.61. The van der Waals surface area contributed by atoms with Gasteiger partial charge in [0.2, 0.25) is 0 Å². The van der Waals surface area contributed by atoms with Gasteiger partial charge in [0, 0.05) is 6.04 Å². The summed E-state index contributed by atoms with van der Waals surface area (Å²) in [6.07, 6.45) is 0.927. The predicted molar refractivity (Wildman–Crippen MR) is 64.6 cm³/mol. The minimum Gasteiger partial charge on any atom is -0.484 e. The van der Waals surface area contributed by atoms with Crippen LogP contribution < -0.4 is 10.1 Å². The molecule has 0 saturated heterocycles. The van der Waals surface area contributed by atoms with E-state index in [2.05, 4.69) is 5.32 Å². The number of amides is 1. The lowest BCUT2D eigenvalue weighted by Crippen LogP contribution is -2.35. The van der Waals surface area contributed by atoms with Gasteiger partial charge in [0.05, 0.1) is 0 Å². The maximum atomic E-state index is 11.4. The summed E-state index contributed by atoms with van der Waals surface area (Å²) in [6.45, 7) is 6.10. The van der Waals surface area contributed by atoms with Crippen LogP contribution in [0.3, 0.4) is 0 Å². The second kappa shape index (κ2) is 6.16. The summed E-state index contributed by atoms with van der Waals surface area (Å²) in [5.74, 6) is 0.653. The van der Waals surface area contributed by atoms with Crippen molar-refractivity contribution in [3.05, 3.63) is 29.8 Å². The van der Waals surface area contributed by atoms with E-state index in [1.165, 1.54) is 5.56 Å². The molecule has 0 radical (unpaired) electrons. The highest BCUT2D eigenvalue weighted by molar-refractivity contribution is 5.77. The van der Waals surface area contributed by atoms with Gasteiger partial charge in [-0.3, -0.25) is 4.79 Å². The average Bonchev–Trinajstić information content (AvgIpc) is 2.28. The number of ether oxygens (including phenoxy) is 1. The van der Waals surface area contributed by atoms with Crippen LogP contribution in [0.4, 0.5) is 0 Å². The molecule has 16 heavy (non-hydrogen) atoms. The van der Waals surface area contributed by atoms with Crippen molar-refractivity contribution in [2.24, 2.45) is 0 Å². The van der Waals surface area contributed by atoms with Crippen LogP contribution in [0.25, 0.3) is 0 Å². The number of hydrogen-bond acceptors (Lipinski definition) is 2. The van der Waals surface area contributed by atoms with Crippen molar-refractivity contribution in [1.29, 1.82) is 0 Å². The van der Waals surface area contributed by atoms with Gasteiger partial charge in [-0.15, -0.1) is 0 Å². The van der Waals surface area contributed by atoms with Gasteiger partial charge in [-0.2, -0.15) is 0 Å². The minimum atomic E-state index is -0.0741. The van der Waals surface area contributed by atoms with E-state index in [-0.39, 0.29) is 18.6 Å². The Bertz CT molecular complexity index is 332. The molecule has 0 unspecified atom stereocenters. The average molecular weight is 221 g/mol. The van der Waals surface area contributed by atoms with Crippen molar-refractivity contribution >= 4 is 5.91 Å². The SMILES string of the molecule is CC[C@@H](C)NC(=O)COc1ccc(C)cc1. The zero-order valence-electron chi connectivity index (χ0n) is 10.1. The predicted octanol–water partition coefficient (Wildman–Crippen LogP) is 2.29. The molecule has 1 aromatic rings. The molecule has 3 heteroatoms. The summed E-state index contributed by atoms with van der Waals surface area (Å²) in [7, 11) is 0. The molecule has 1 atom stereocenters. The van der Waals surface area contributed by atoms with Crippen molar-refractivity contribution in [3.63, 3.8) is 0 Å². The van der Waals surface area contributed by atoms with Gasteiger partial charge in [-0.1, -0.05) is 24.6 Å². The molecule has 1 rings (SSSR count). The molecule has 0 aliphatic heterocycles. The number of carbonyl (C=O) groups excluding carboxylic acids is 1. The van der Waals surface area contributed by atoms with E-state index in [1.54, 1.807) is 0 Å². The number of benzene rings is 1. The molecule has 1 N–H and O–H groups in total. The first kappa shape index (κ1) is 12.6. The Balaban J connectivity index is 2.34. The molecule has 0 bridgehead atoms. The van der Waals surface area contributed by atoms with Crippen molar-refractivity contribution in [2.45, 2.75) is 33.2 Å². The summed E-state index contributed by atoms with van der Waals surface area (Å²) in [5.41, 5.74) is 1.18. The normalized spacial score (nSPS) is 11.9. The van der Waals surface area contributed by atoms with Crippen molar-refractivity contribution in [3.8, 4) is 5.75 Å². The van der Waals surface area contributed by atoms with Gasteiger partial charge in [0.1, 0.15) is 5.75 Å². The highest BCUT2D eigenvalue weighted by Gasteiger charge is 2.05. The van der Waals surface area contributed by atoms with Gasteiger partial charge in [0.15, 0.2) is 6.61 Å². The number of carbonyl (C=O) groups is 1. The van der Waals surface area contributed by atoms with E-state index in [1.807, 2.05) is 45.0 Å². The van der Waals surface area contributed by atoms with Gasteiger partial charge in [0.25, 0.3) is 5.91 Å². The van der Waals surface area contributed by atoms with Gasteiger partial charge < -0.3 is 10.1 Å². The number of aryl methyl sites for hydroxylation is 1. The van der Waals surface area contributed by atoms with Gasteiger partial charge >= 0.3 is 0 Å². The van der Waals surface area contributed by atoms with Crippen LogP contribution in [-0.4, -0.2) is 18.6 Å². The Kier molecular flexibility index (Phi) is 4.83. The lowest BCUT2D eigenvalue weighted by molar-refractivity contribution is -0.123. The van der Waals surface area contributed by atoms with E-state index in [0.717, 1.165) is 12.2 Å². The fraction of sp³-hybridized carbons (Fsp3) is 0.462. The number of hydrogen-bond donors (Lipinski definition) is 1. The molecule has 0 aliphatic rings. The summed E-state index contributed by atoms with van der Waals surface area (Å²) in [5, 5.41) is 2.85. The van der Waals surface area contributed by atoms with E-state index in [0.29, 0.717) is 0 Å². The van der Waals surface area contributed by atoms with E-state index in [9.17, 15) is 4.79 Å². The van der Waals surface area contributed by atoms with Crippen molar-refractivity contribution in [1.82, 2.24) is 5.32 Å². The Labute approximate surface area is 96.8 Å². The smallest absolute Gasteiger partial charge is 0.258 e. The maximum Gasteiger partial charge on any atom is 0.258 e. The maximum absolute atomic E-state index is 11.4. The molecule has 0 aliphatic carbocycles. The Morgan fingerprint density at radius 3 is 2.56 bits per heavy atom. The summed E-state index contributed by atoms with van der Waals surface area (Å²) in [6, 6.07) is 7.86. The lowest BCUT2D eigenvalue weighted by Gasteiger charge is -2.12. The highest BCUT2D eigenvalue weighted by Crippen LogP contribution is 2.10. The van der Waals surface area contributed by atoms with Crippen LogP contribution in [0.2, 0.25) is 0 Å². The third-order valence-electron chi connectivity index (χ3n) is 2.41. The lowest BCUT2D eigenvalue weighted by atomic mass is 10.2. The second-order valence-corrected chi connectivity index (χ2v) is 3.98. The Hall–Kier alpha value is -1.51. The molecule has 1 aromatic carbocycles. The van der Waals surface area contributed by atoms with Crippen molar-refractivity contribution in [2.75, 3.05) is 6.61 Å². The number of nitrogens with one attached hydrogen (secondary N) is 1. The number of rotatable bonds is 5. The molecule has 0 saturated carbocycles. The zero-order valence-corrected chi connectivity index (χ0v) is 10.1. The Morgan fingerprint density at radius 1 is 1.38 bits per heavy atom. The molecule has 88 valence electrons. The molecule has 0 aromatic heterocycles. The second-order valence-electron chi connectivity index (χ2n) is 3.98. The summed E-state index contributed by atoms with van der Waals surface area (Å²) >= 11 is 0. The molecule has 0 spiro atoms. The Morgan fingerprint density at radius 2 is 2.00 bits per heavy atom. The summed E-state index contributed by atoms with van der Waals surface area (Å²) < 4.78 is 5.36. The van der Waals surface area contributed by atoms with E-state index >= 15 is 0 Å². The third-order valence-corrected chi connectivity index (χ3v) is 2.41. The monoisotopic (exact) mass is 221 g/mol. The minimum absolute atomic E-state index is 0.0741. The zero-order chi connectivity index (χ0) is 12.0. The van der Waals surface area contributed by atoms with E-state index in [4.69, 9.17) is 4.74 Å².